The molecular formula is C12H23NO. The zero-order valence-corrected chi connectivity index (χ0v) is 9.66. The zero-order chi connectivity index (χ0) is 10.6. The normalized spacial score (nSPS) is 31.3. The molecule has 1 unspecified atom stereocenters. The lowest BCUT2D eigenvalue weighted by Crippen LogP contribution is -2.23. The molecule has 2 nitrogen and oxygen atoms in total. The third kappa shape index (κ3) is 3.32. The lowest BCUT2D eigenvalue weighted by Gasteiger charge is -2.30. The van der Waals surface area contributed by atoms with Gasteiger partial charge in [-0.15, -0.1) is 0 Å². The molecule has 1 rings (SSSR count). The molecule has 2 heteroatoms. The van der Waals surface area contributed by atoms with Gasteiger partial charge < -0.3 is 5.21 Å². The Bertz CT molecular complexity index is 198. The summed E-state index contributed by atoms with van der Waals surface area (Å²) < 4.78 is 0. The first-order valence-electron chi connectivity index (χ1n) is 5.85. The van der Waals surface area contributed by atoms with Crippen LogP contribution in [0, 0.1) is 17.8 Å². The molecule has 0 spiro atoms. The lowest BCUT2D eigenvalue weighted by molar-refractivity contribution is 0.277. The molecule has 1 aliphatic rings. The van der Waals surface area contributed by atoms with E-state index in [0.717, 1.165) is 36.3 Å². The molecule has 0 bridgehead atoms. The molecule has 2 atom stereocenters. The molecule has 14 heavy (non-hydrogen) atoms. The van der Waals surface area contributed by atoms with Crippen molar-refractivity contribution in [1.29, 1.82) is 0 Å². The van der Waals surface area contributed by atoms with E-state index in [0.29, 0.717) is 0 Å². The summed E-state index contributed by atoms with van der Waals surface area (Å²) >= 11 is 0. The van der Waals surface area contributed by atoms with E-state index in [2.05, 4.69) is 25.9 Å². The van der Waals surface area contributed by atoms with Crippen molar-refractivity contribution in [2.45, 2.75) is 52.9 Å². The third-order valence-corrected chi connectivity index (χ3v) is 3.24. The number of oxime groups is 1. The van der Waals surface area contributed by atoms with Gasteiger partial charge in [0.15, 0.2) is 0 Å². The Morgan fingerprint density at radius 1 is 1.36 bits per heavy atom. The standard InChI is InChI=1S/C12H23NO/c1-4-10-6-11(5-9(2)3)8-12(7-10)13-14/h9-11,14H,4-8H2,1-3H3/b13-12-/t10?,11-/m1/s1. The Kier molecular flexibility index (Phi) is 4.43. The largest absolute Gasteiger partial charge is 0.411 e. The Morgan fingerprint density at radius 2 is 2.00 bits per heavy atom. The van der Waals surface area contributed by atoms with Crippen LogP contribution < -0.4 is 0 Å². The SMILES string of the molecule is CCC1C/C(=N/O)C[C@H](CC(C)C)C1. The second-order valence-corrected chi connectivity index (χ2v) is 5.08. The summed E-state index contributed by atoms with van der Waals surface area (Å²) in [4.78, 5) is 0. The highest BCUT2D eigenvalue weighted by molar-refractivity contribution is 5.85. The molecule has 0 heterocycles. The third-order valence-electron chi connectivity index (χ3n) is 3.24. The van der Waals surface area contributed by atoms with Crippen LogP contribution in [0.25, 0.3) is 0 Å². The molecule has 82 valence electrons. The topological polar surface area (TPSA) is 32.6 Å². The minimum Gasteiger partial charge on any atom is -0.411 e. The fraction of sp³-hybridized carbons (Fsp3) is 0.917. The van der Waals surface area contributed by atoms with Crippen LogP contribution in [0.1, 0.15) is 52.9 Å². The minimum atomic E-state index is 0.749. The Balaban J connectivity index is 2.51. The number of rotatable bonds is 3. The molecular weight excluding hydrogens is 174 g/mol. The molecule has 1 fully saturated rings. The highest BCUT2D eigenvalue weighted by Crippen LogP contribution is 2.33. The van der Waals surface area contributed by atoms with E-state index >= 15 is 0 Å². The van der Waals surface area contributed by atoms with Crippen molar-refractivity contribution in [1.82, 2.24) is 0 Å². The monoisotopic (exact) mass is 197 g/mol. The summed E-state index contributed by atoms with van der Waals surface area (Å²) in [5, 5.41) is 12.3. The van der Waals surface area contributed by atoms with Crippen molar-refractivity contribution in [3.8, 4) is 0 Å². The summed E-state index contributed by atoms with van der Waals surface area (Å²) in [7, 11) is 0. The van der Waals surface area contributed by atoms with Crippen molar-refractivity contribution >= 4 is 5.71 Å². The van der Waals surface area contributed by atoms with Crippen LogP contribution in [0.2, 0.25) is 0 Å². The number of hydrogen-bond donors (Lipinski definition) is 1. The van der Waals surface area contributed by atoms with Crippen molar-refractivity contribution in [2.75, 3.05) is 0 Å². The van der Waals surface area contributed by atoms with Gasteiger partial charge >= 0.3 is 0 Å². The second-order valence-electron chi connectivity index (χ2n) is 5.08. The van der Waals surface area contributed by atoms with Gasteiger partial charge in [-0.05, 0) is 43.4 Å². The van der Waals surface area contributed by atoms with Crippen LogP contribution in [-0.4, -0.2) is 10.9 Å². The van der Waals surface area contributed by atoms with Gasteiger partial charge in [-0.3, -0.25) is 0 Å². The van der Waals surface area contributed by atoms with Crippen molar-refractivity contribution in [3.63, 3.8) is 0 Å². The molecule has 0 aromatic rings. The molecule has 0 amide bonds. The van der Waals surface area contributed by atoms with Gasteiger partial charge in [0, 0.05) is 0 Å². The minimum absolute atomic E-state index is 0.749. The van der Waals surface area contributed by atoms with E-state index in [-0.39, 0.29) is 0 Å². The van der Waals surface area contributed by atoms with Gasteiger partial charge in [0.2, 0.25) is 0 Å². The van der Waals surface area contributed by atoms with Crippen molar-refractivity contribution in [2.24, 2.45) is 22.9 Å². The van der Waals surface area contributed by atoms with E-state index in [4.69, 9.17) is 5.21 Å². The maximum Gasteiger partial charge on any atom is 0.0576 e. The van der Waals surface area contributed by atoms with Gasteiger partial charge in [-0.25, -0.2) is 0 Å². The quantitative estimate of drug-likeness (QED) is 0.543. The van der Waals surface area contributed by atoms with Gasteiger partial charge in [0.25, 0.3) is 0 Å². The van der Waals surface area contributed by atoms with Crippen LogP contribution in [0.4, 0.5) is 0 Å². The molecule has 0 radical (unpaired) electrons. The van der Waals surface area contributed by atoms with Gasteiger partial charge in [-0.1, -0.05) is 32.3 Å². The average molecular weight is 197 g/mol. The highest BCUT2D eigenvalue weighted by Gasteiger charge is 2.25. The maximum atomic E-state index is 8.84. The van der Waals surface area contributed by atoms with Crippen LogP contribution >= 0.6 is 0 Å². The van der Waals surface area contributed by atoms with E-state index in [1.54, 1.807) is 0 Å². The predicted octanol–water partition coefficient (Wildman–Crippen LogP) is 3.69. The summed E-state index contributed by atoms with van der Waals surface area (Å²) in [6.45, 7) is 6.77. The summed E-state index contributed by atoms with van der Waals surface area (Å²) in [6, 6.07) is 0. The summed E-state index contributed by atoms with van der Waals surface area (Å²) in [5.74, 6) is 2.26. The second kappa shape index (κ2) is 5.38. The fourth-order valence-corrected chi connectivity index (χ4v) is 2.63. The lowest BCUT2D eigenvalue weighted by atomic mass is 9.76. The number of nitrogens with zero attached hydrogens (tertiary/aromatic N) is 1. The van der Waals surface area contributed by atoms with Gasteiger partial charge in [0.1, 0.15) is 0 Å². The molecule has 0 aromatic heterocycles. The maximum absolute atomic E-state index is 8.84. The van der Waals surface area contributed by atoms with Gasteiger partial charge in [-0.2, -0.15) is 0 Å². The highest BCUT2D eigenvalue weighted by atomic mass is 16.4. The molecule has 0 saturated heterocycles. The first kappa shape index (κ1) is 11.5. The predicted molar refractivity (Wildman–Crippen MR) is 59.8 cm³/mol. The van der Waals surface area contributed by atoms with Crippen LogP contribution in [0.15, 0.2) is 5.16 Å². The van der Waals surface area contributed by atoms with Crippen molar-refractivity contribution < 1.29 is 5.21 Å². The molecule has 1 saturated carbocycles. The zero-order valence-electron chi connectivity index (χ0n) is 9.66. The molecule has 0 aromatic carbocycles. The first-order valence-corrected chi connectivity index (χ1v) is 5.85. The van der Waals surface area contributed by atoms with E-state index in [1.165, 1.54) is 19.3 Å². The molecule has 1 N–H and O–H groups in total. The van der Waals surface area contributed by atoms with E-state index in [1.807, 2.05) is 0 Å². The van der Waals surface area contributed by atoms with E-state index in [9.17, 15) is 0 Å². The Hall–Kier alpha value is -0.530. The van der Waals surface area contributed by atoms with Gasteiger partial charge in [0.05, 0.1) is 5.71 Å². The van der Waals surface area contributed by atoms with E-state index < -0.39 is 0 Å². The van der Waals surface area contributed by atoms with Crippen LogP contribution in [-0.2, 0) is 0 Å². The summed E-state index contributed by atoms with van der Waals surface area (Å²) in [5.41, 5.74) is 1.02. The summed E-state index contributed by atoms with van der Waals surface area (Å²) in [6.07, 6.45) is 5.85. The average Bonchev–Trinajstić information content (AvgIpc) is 2.16. The number of hydrogen-bond acceptors (Lipinski definition) is 2. The Labute approximate surface area is 87.4 Å². The van der Waals surface area contributed by atoms with Crippen LogP contribution in [0.5, 0.6) is 0 Å². The fourth-order valence-electron chi connectivity index (χ4n) is 2.63. The van der Waals surface area contributed by atoms with Crippen LogP contribution in [0.3, 0.4) is 0 Å². The molecule has 1 aliphatic carbocycles. The first-order chi connectivity index (χ1) is 6.65. The smallest absolute Gasteiger partial charge is 0.0576 e. The Morgan fingerprint density at radius 3 is 2.50 bits per heavy atom. The molecule has 0 aliphatic heterocycles. The van der Waals surface area contributed by atoms with Crippen molar-refractivity contribution in [3.05, 3.63) is 0 Å².